The molecule has 1 saturated heterocycles. The van der Waals surface area contributed by atoms with E-state index in [0.717, 1.165) is 40.0 Å². The average molecular weight is 486 g/mol. The molecule has 2 aromatic heterocycles. The molecule has 2 aromatic carbocycles. The van der Waals surface area contributed by atoms with Crippen LogP contribution in [0.2, 0.25) is 0 Å². The Kier molecular flexibility index (Phi) is 5.90. The number of para-hydroxylation sites is 2. The van der Waals surface area contributed by atoms with E-state index in [1.807, 2.05) is 66.7 Å². The largest absolute Gasteiger partial charge is 0.490 e. The van der Waals surface area contributed by atoms with E-state index in [9.17, 15) is 4.79 Å². The van der Waals surface area contributed by atoms with Crippen molar-refractivity contribution in [1.29, 1.82) is 0 Å². The third kappa shape index (κ3) is 4.33. The topological polar surface area (TPSA) is 94.5 Å². The minimum absolute atomic E-state index is 0.0918. The fraction of sp³-hybridized carbons (Fsp3) is 0.296. The van der Waals surface area contributed by atoms with Crippen LogP contribution in [-0.2, 0) is 16.6 Å². The molecule has 6 rings (SSSR count). The summed E-state index contributed by atoms with van der Waals surface area (Å²) in [6, 6.07) is 13.6. The summed E-state index contributed by atoms with van der Waals surface area (Å²) in [6.07, 6.45) is 4.63. The number of amides is 1. The van der Waals surface area contributed by atoms with Crippen LogP contribution in [0.3, 0.4) is 0 Å². The number of aromatic amines is 1. The van der Waals surface area contributed by atoms with Crippen molar-refractivity contribution >= 4 is 28.6 Å². The molecular weight excluding hydrogens is 458 g/mol. The summed E-state index contributed by atoms with van der Waals surface area (Å²) in [6.45, 7) is 3.37. The van der Waals surface area contributed by atoms with Crippen molar-refractivity contribution in [3.63, 3.8) is 0 Å². The molecule has 0 spiro atoms. The van der Waals surface area contributed by atoms with Crippen molar-refractivity contribution in [2.45, 2.75) is 6.42 Å². The maximum atomic E-state index is 13.7. The first kappa shape index (κ1) is 22.4. The zero-order valence-electron chi connectivity index (χ0n) is 20.1. The van der Waals surface area contributed by atoms with Crippen molar-refractivity contribution in [2.75, 3.05) is 39.5 Å². The minimum atomic E-state index is -0.0918. The number of imidazole rings is 1. The summed E-state index contributed by atoms with van der Waals surface area (Å²) in [5.41, 5.74) is 4.61. The Balaban J connectivity index is 1.45. The van der Waals surface area contributed by atoms with E-state index in [2.05, 4.69) is 4.98 Å². The number of H-pyrrole nitrogens is 1. The van der Waals surface area contributed by atoms with Gasteiger partial charge in [-0.05, 0) is 36.4 Å². The molecule has 1 fully saturated rings. The first-order chi connectivity index (χ1) is 17.7. The molecule has 1 amide bonds. The van der Waals surface area contributed by atoms with Crippen LogP contribution in [-0.4, -0.2) is 70.1 Å². The number of aryl methyl sites for hydroxylation is 1. The number of carbonyl (C=O) groups excluding carboxylic acids is 1. The van der Waals surface area contributed by atoms with Gasteiger partial charge in [-0.2, -0.15) is 5.10 Å². The van der Waals surface area contributed by atoms with Gasteiger partial charge in [0.15, 0.2) is 11.5 Å². The molecule has 4 heterocycles. The number of hydrogen-bond acceptors (Lipinski definition) is 6. The van der Waals surface area contributed by atoms with Crippen LogP contribution in [0.4, 0.5) is 0 Å². The minimum Gasteiger partial charge on any atom is -0.490 e. The standard InChI is InChI=1S/C27H27N5O4/c1-31-17-19(25(30-31)18-7-8-23-24(16-18)36-12-4-11-35-23)15-20(27(33)32-9-13-34-14-10-32)26-28-21-5-2-3-6-22(21)29-26/h2-3,5-8,15-17H,4,9-14H2,1H3,(H,28,29). The molecule has 1 N–H and O–H groups in total. The van der Waals surface area contributed by atoms with Gasteiger partial charge >= 0.3 is 0 Å². The van der Waals surface area contributed by atoms with E-state index < -0.39 is 0 Å². The van der Waals surface area contributed by atoms with E-state index in [1.165, 1.54) is 0 Å². The molecule has 0 atom stereocenters. The smallest absolute Gasteiger partial charge is 0.257 e. The van der Waals surface area contributed by atoms with Gasteiger partial charge in [0, 0.05) is 43.9 Å². The summed E-state index contributed by atoms with van der Waals surface area (Å²) in [5, 5.41) is 4.71. The zero-order chi connectivity index (χ0) is 24.5. The number of hydrogen-bond donors (Lipinski definition) is 1. The SMILES string of the molecule is Cn1cc(C=C(C(=O)N2CCOCC2)c2nc3ccccc3[nH]2)c(-c2ccc3c(c2)OCCCO3)n1. The number of morpholine rings is 1. The van der Waals surface area contributed by atoms with Gasteiger partial charge in [0.25, 0.3) is 5.91 Å². The summed E-state index contributed by atoms with van der Waals surface area (Å²) in [7, 11) is 1.87. The third-order valence-corrected chi connectivity index (χ3v) is 6.35. The fourth-order valence-electron chi connectivity index (χ4n) is 4.55. The molecule has 36 heavy (non-hydrogen) atoms. The second kappa shape index (κ2) is 9.50. The van der Waals surface area contributed by atoms with Crippen LogP contribution in [0.1, 0.15) is 17.8 Å². The number of benzene rings is 2. The average Bonchev–Trinajstić information content (AvgIpc) is 3.42. The Morgan fingerprint density at radius 1 is 1.03 bits per heavy atom. The Morgan fingerprint density at radius 2 is 1.83 bits per heavy atom. The molecule has 9 heteroatoms. The zero-order valence-corrected chi connectivity index (χ0v) is 20.1. The van der Waals surface area contributed by atoms with Gasteiger partial charge in [-0.3, -0.25) is 9.48 Å². The highest BCUT2D eigenvalue weighted by molar-refractivity contribution is 6.23. The van der Waals surface area contributed by atoms with Crippen molar-refractivity contribution in [3.05, 3.63) is 60.0 Å². The van der Waals surface area contributed by atoms with Crippen LogP contribution < -0.4 is 9.47 Å². The predicted molar refractivity (Wildman–Crippen MR) is 136 cm³/mol. The molecule has 184 valence electrons. The van der Waals surface area contributed by atoms with Gasteiger partial charge in [0.05, 0.1) is 48.7 Å². The van der Waals surface area contributed by atoms with Crippen molar-refractivity contribution in [1.82, 2.24) is 24.6 Å². The first-order valence-electron chi connectivity index (χ1n) is 12.1. The summed E-state index contributed by atoms with van der Waals surface area (Å²) >= 11 is 0. The Labute approximate surface area is 208 Å². The lowest BCUT2D eigenvalue weighted by Gasteiger charge is -2.27. The number of aromatic nitrogens is 4. The van der Waals surface area contributed by atoms with Crippen LogP contribution >= 0.6 is 0 Å². The van der Waals surface area contributed by atoms with Gasteiger partial charge in [-0.25, -0.2) is 4.98 Å². The van der Waals surface area contributed by atoms with E-state index in [1.54, 1.807) is 4.68 Å². The van der Waals surface area contributed by atoms with Crippen LogP contribution in [0.25, 0.3) is 33.9 Å². The molecule has 0 saturated carbocycles. The van der Waals surface area contributed by atoms with Gasteiger partial charge in [0.2, 0.25) is 0 Å². The van der Waals surface area contributed by atoms with E-state index in [-0.39, 0.29) is 5.91 Å². The van der Waals surface area contributed by atoms with Gasteiger partial charge < -0.3 is 24.1 Å². The molecule has 2 aliphatic rings. The molecule has 0 aliphatic carbocycles. The van der Waals surface area contributed by atoms with Gasteiger partial charge in [0.1, 0.15) is 5.82 Å². The molecule has 4 aromatic rings. The summed E-state index contributed by atoms with van der Waals surface area (Å²) in [5.74, 6) is 1.87. The quantitative estimate of drug-likeness (QED) is 0.445. The number of ether oxygens (including phenoxy) is 3. The lowest BCUT2D eigenvalue weighted by molar-refractivity contribution is -0.128. The lowest BCUT2D eigenvalue weighted by Crippen LogP contribution is -2.41. The van der Waals surface area contributed by atoms with Crippen LogP contribution in [0.15, 0.2) is 48.7 Å². The second-order valence-electron chi connectivity index (χ2n) is 8.88. The Bertz CT molecular complexity index is 1410. The van der Waals surface area contributed by atoms with E-state index in [4.69, 9.17) is 24.3 Å². The third-order valence-electron chi connectivity index (χ3n) is 6.35. The van der Waals surface area contributed by atoms with E-state index in [0.29, 0.717) is 56.7 Å². The lowest BCUT2D eigenvalue weighted by atomic mass is 10.0. The monoisotopic (exact) mass is 485 g/mol. The van der Waals surface area contributed by atoms with Crippen molar-refractivity contribution in [2.24, 2.45) is 7.05 Å². The Morgan fingerprint density at radius 3 is 2.67 bits per heavy atom. The maximum absolute atomic E-state index is 13.7. The van der Waals surface area contributed by atoms with Gasteiger partial charge in [-0.1, -0.05) is 12.1 Å². The molecule has 0 bridgehead atoms. The second-order valence-corrected chi connectivity index (χ2v) is 8.88. The molecule has 0 radical (unpaired) electrons. The molecule has 0 unspecified atom stereocenters. The summed E-state index contributed by atoms with van der Waals surface area (Å²) in [4.78, 5) is 23.6. The molecule has 9 nitrogen and oxygen atoms in total. The molecule has 2 aliphatic heterocycles. The van der Waals surface area contributed by atoms with E-state index >= 15 is 0 Å². The predicted octanol–water partition coefficient (Wildman–Crippen LogP) is 3.52. The number of fused-ring (bicyclic) bond motifs is 2. The highest BCUT2D eigenvalue weighted by Gasteiger charge is 2.25. The van der Waals surface area contributed by atoms with Crippen LogP contribution in [0.5, 0.6) is 11.5 Å². The van der Waals surface area contributed by atoms with Crippen molar-refractivity contribution < 1.29 is 19.0 Å². The number of nitrogens with one attached hydrogen (secondary N) is 1. The molecular formula is C27H27N5O4. The van der Waals surface area contributed by atoms with Crippen molar-refractivity contribution in [3.8, 4) is 22.8 Å². The van der Waals surface area contributed by atoms with Gasteiger partial charge in [-0.15, -0.1) is 0 Å². The fourth-order valence-corrected chi connectivity index (χ4v) is 4.55. The normalized spacial score (nSPS) is 16.2. The van der Waals surface area contributed by atoms with Crippen LogP contribution in [0, 0.1) is 0 Å². The highest BCUT2D eigenvalue weighted by Crippen LogP contribution is 2.36. The highest BCUT2D eigenvalue weighted by atomic mass is 16.5. The Hall–Kier alpha value is -4.11. The number of rotatable bonds is 4. The summed E-state index contributed by atoms with van der Waals surface area (Å²) < 4.78 is 18.9. The number of carbonyl (C=O) groups is 1. The maximum Gasteiger partial charge on any atom is 0.257 e. The number of nitrogens with zero attached hydrogens (tertiary/aromatic N) is 4. The first-order valence-corrected chi connectivity index (χ1v) is 12.1.